The second-order valence-electron chi connectivity index (χ2n) is 10.2. The molecule has 1 aromatic carbocycles. The van der Waals surface area contributed by atoms with Crippen molar-refractivity contribution in [3.8, 4) is 0 Å². The van der Waals surface area contributed by atoms with E-state index in [1.165, 1.54) is 16.7 Å². The molecular formula is C31H38O4. The molecule has 0 radical (unpaired) electrons. The zero-order valence-corrected chi connectivity index (χ0v) is 21.5. The molecule has 3 aliphatic rings. The van der Waals surface area contributed by atoms with Gasteiger partial charge in [-0.1, -0.05) is 75.6 Å². The fraction of sp³-hybridized carbons (Fsp3) is 0.419. The molecule has 1 aliphatic carbocycles. The van der Waals surface area contributed by atoms with Crippen LogP contribution in [0, 0.1) is 0 Å². The van der Waals surface area contributed by atoms with Crippen molar-refractivity contribution in [1.29, 1.82) is 0 Å². The molecule has 0 bridgehead atoms. The van der Waals surface area contributed by atoms with Crippen molar-refractivity contribution in [1.82, 2.24) is 0 Å². The number of benzene rings is 1. The quantitative estimate of drug-likeness (QED) is 0.198. The van der Waals surface area contributed by atoms with E-state index in [0.717, 1.165) is 31.0 Å². The summed E-state index contributed by atoms with van der Waals surface area (Å²) in [6.07, 6.45) is 13.8. The lowest BCUT2D eigenvalue weighted by molar-refractivity contribution is 0.184. The molecule has 0 aromatic heterocycles. The highest BCUT2D eigenvalue weighted by Gasteiger charge is 2.50. The lowest BCUT2D eigenvalue weighted by atomic mass is 9.67. The van der Waals surface area contributed by atoms with E-state index in [2.05, 4.69) is 76.4 Å². The van der Waals surface area contributed by atoms with Gasteiger partial charge in [-0.25, -0.2) is 0 Å². The lowest BCUT2D eigenvalue weighted by Gasteiger charge is -2.35. The summed E-state index contributed by atoms with van der Waals surface area (Å²) in [6, 6.07) is 8.77. The first-order valence-electron chi connectivity index (χ1n) is 12.4. The molecule has 2 heterocycles. The zero-order chi connectivity index (χ0) is 25.1. The van der Waals surface area contributed by atoms with Crippen molar-refractivity contribution in [2.24, 2.45) is 0 Å². The molecule has 3 unspecified atom stereocenters. The molecular weight excluding hydrogens is 436 g/mol. The van der Waals surface area contributed by atoms with Gasteiger partial charge in [0.25, 0.3) is 0 Å². The number of ether oxygens (including phenoxy) is 4. The average molecular weight is 475 g/mol. The predicted octanol–water partition coefficient (Wildman–Crippen LogP) is 6.47. The van der Waals surface area contributed by atoms with Gasteiger partial charge in [-0.2, -0.15) is 0 Å². The molecule has 0 saturated carbocycles. The molecule has 0 amide bonds. The molecule has 3 atom stereocenters. The Morgan fingerprint density at radius 3 is 2.23 bits per heavy atom. The van der Waals surface area contributed by atoms with Crippen molar-refractivity contribution >= 4 is 0 Å². The van der Waals surface area contributed by atoms with E-state index in [1.54, 1.807) is 0 Å². The van der Waals surface area contributed by atoms with Crippen molar-refractivity contribution in [3.05, 3.63) is 108 Å². The number of rotatable bonds is 12. The summed E-state index contributed by atoms with van der Waals surface area (Å²) < 4.78 is 22.2. The van der Waals surface area contributed by atoms with Crippen LogP contribution in [-0.2, 0) is 29.8 Å². The summed E-state index contributed by atoms with van der Waals surface area (Å²) in [6.45, 7) is 19.7. The fourth-order valence-corrected chi connectivity index (χ4v) is 5.09. The second-order valence-corrected chi connectivity index (χ2v) is 10.2. The standard InChI is InChI=1S/C31H38O4/c1-7-24(15-13-22(3)32-17-26-19-34-26)31(21-30(5,6)28-11-9-10-12-29(28)31)25(8-2)16-14-23(4)33-18-27-20-35-27/h7-16,26-27H,1,4,17-21H2,2-3,5-6H3/b16-14-,22-13+,24-15+,25-8+. The van der Waals surface area contributed by atoms with Gasteiger partial charge in [-0.15, -0.1) is 0 Å². The van der Waals surface area contributed by atoms with Crippen molar-refractivity contribution in [2.75, 3.05) is 26.4 Å². The van der Waals surface area contributed by atoms with Gasteiger partial charge < -0.3 is 18.9 Å². The molecule has 2 aliphatic heterocycles. The highest BCUT2D eigenvalue weighted by molar-refractivity contribution is 5.62. The molecule has 2 saturated heterocycles. The first-order chi connectivity index (χ1) is 16.8. The molecule has 4 nitrogen and oxygen atoms in total. The molecule has 186 valence electrons. The smallest absolute Gasteiger partial charge is 0.117 e. The highest BCUT2D eigenvalue weighted by atomic mass is 16.6. The average Bonchev–Trinajstić information content (AvgIpc) is 3.77. The topological polar surface area (TPSA) is 43.5 Å². The van der Waals surface area contributed by atoms with Crippen LogP contribution in [-0.4, -0.2) is 38.6 Å². The van der Waals surface area contributed by atoms with E-state index in [1.807, 2.05) is 25.2 Å². The van der Waals surface area contributed by atoms with E-state index >= 15 is 0 Å². The number of fused-ring (bicyclic) bond motifs is 1. The van der Waals surface area contributed by atoms with Crippen LogP contribution in [0.5, 0.6) is 0 Å². The van der Waals surface area contributed by atoms with Gasteiger partial charge in [0, 0.05) is 5.41 Å². The Bertz CT molecular complexity index is 1080. The molecule has 0 N–H and O–H groups in total. The minimum atomic E-state index is -0.358. The normalized spacial score (nSPS) is 27.5. The Labute approximate surface area is 210 Å². The van der Waals surface area contributed by atoms with E-state index in [4.69, 9.17) is 18.9 Å². The van der Waals surface area contributed by atoms with Crippen LogP contribution in [0.15, 0.2) is 96.5 Å². The van der Waals surface area contributed by atoms with Crippen LogP contribution in [0.1, 0.15) is 45.2 Å². The summed E-state index contributed by atoms with van der Waals surface area (Å²) in [4.78, 5) is 0. The monoisotopic (exact) mass is 474 g/mol. The predicted molar refractivity (Wildman–Crippen MR) is 141 cm³/mol. The molecule has 0 spiro atoms. The minimum Gasteiger partial charge on any atom is -0.495 e. The van der Waals surface area contributed by atoms with Gasteiger partial charge in [0.05, 0.1) is 19.0 Å². The first kappa shape index (κ1) is 25.3. The van der Waals surface area contributed by atoms with Gasteiger partial charge in [-0.05, 0) is 60.1 Å². The summed E-state index contributed by atoms with van der Waals surface area (Å²) in [5.74, 6) is 1.50. The summed E-state index contributed by atoms with van der Waals surface area (Å²) in [5, 5.41) is 0. The maximum Gasteiger partial charge on any atom is 0.117 e. The van der Waals surface area contributed by atoms with Gasteiger partial charge in [-0.3, -0.25) is 0 Å². The Kier molecular flexibility index (Phi) is 7.53. The molecule has 4 heteroatoms. The van der Waals surface area contributed by atoms with Crippen LogP contribution in [0.3, 0.4) is 0 Å². The summed E-state index contributed by atoms with van der Waals surface area (Å²) in [5.41, 5.74) is 4.64. The third kappa shape index (κ3) is 5.71. The van der Waals surface area contributed by atoms with Gasteiger partial charge in [0.15, 0.2) is 0 Å². The van der Waals surface area contributed by atoms with Crippen molar-refractivity contribution in [2.45, 2.75) is 57.2 Å². The molecule has 1 aromatic rings. The third-order valence-corrected chi connectivity index (χ3v) is 7.04. The van der Waals surface area contributed by atoms with Crippen LogP contribution in [0.4, 0.5) is 0 Å². The largest absolute Gasteiger partial charge is 0.495 e. The highest BCUT2D eigenvalue weighted by Crippen LogP contribution is 2.57. The third-order valence-electron chi connectivity index (χ3n) is 7.04. The maximum atomic E-state index is 5.87. The first-order valence-corrected chi connectivity index (χ1v) is 12.4. The molecule has 35 heavy (non-hydrogen) atoms. The Balaban J connectivity index is 1.72. The Hall–Kier alpha value is -2.82. The lowest BCUT2D eigenvalue weighted by Crippen LogP contribution is -2.29. The van der Waals surface area contributed by atoms with Crippen LogP contribution in [0.25, 0.3) is 0 Å². The van der Waals surface area contributed by atoms with Crippen molar-refractivity contribution < 1.29 is 18.9 Å². The molecule has 2 fully saturated rings. The SMILES string of the molecule is C=C/C(=C\C=C(/C)OCC1CO1)C1(C(/C=C\C(=C)OCC2CO2)=C/C)CC(C)(C)c2ccccc21. The van der Waals surface area contributed by atoms with E-state index < -0.39 is 0 Å². The maximum absolute atomic E-state index is 5.87. The van der Waals surface area contributed by atoms with E-state index in [9.17, 15) is 0 Å². The summed E-state index contributed by atoms with van der Waals surface area (Å²) in [7, 11) is 0. The minimum absolute atomic E-state index is 0.00378. The Morgan fingerprint density at radius 1 is 1.00 bits per heavy atom. The summed E-state index contributed by atoms with van der Waals surface area (Å²) >= 11 is 0. The second kappa shape index (κ2) is 10.4. The number of epoxide rings is 2. The zero-order valence-electron chi connectivity index (χ0n) is 21.5. The van der Waals surface area contributed by atoms with Gasteiger partial charge in [0.1, 0.15) is 31.2 Å². The van der Waals surface area contributed by atoms with Gasteiger partial charge in [0.2, 0.25) is 0 Å². The van der Waals surface area contributed by atoms with E-state index in [0.29, 0.717) is 19.0 Å². The van der Waals surface area contributed by atoms with Crippen LogP contribution >= 0.6 is 0 Å². The Morgan fingerprint density at radius 2 is 1.63 bits per heavy atom. The van der Waals surface area contributed by atoms with Crippen molar-refractivity contribution in [3.63, 3.8) is 0 Å². The van der Waals surface area contributed by atoms with E-state index in [-0.39, 0.29) is 23.0 Å². The molecule has 4 rings (SSSR count). The van der Waals surface area contributed by atoms with Gasteiger partial charge >= 0.3 is 0 Å². The van der Waals surface area contributed by atoms with Crippen LogP contribution < -0.4 is 0 Å². The van der Waals surface area contributed by atoms with Crippen LogP contribution in [0.2, 0.25) is 0 Å². The number of allylic oxidation sites excluding steroid dienone is 9. The number of hydrogen-bond acceptors (Lipinski definition) is 4. The fourth-order valence-electron chi connectivity index (χ4n) is 5.09. The number of hydrogen-bond donors (Lipinski definition) is 0.